The lowest BCUT2D eigenvalue weighted by Gasteiger charge is -2.06. The number of Topliss-reactive ketones (excluding diaryl/α,β-unsaturated/α-hetero) is 2. The zero-order chi connectivity index (χ0) is 15.4. The molecule has 21 heavy (non-hydrogen) atoms. The monoisotopic (exact) mass is 321 g/mol. The van der Waals surface area contributed by atoms with Crippen LogP contribution in [0.5, 0.6) is 0 Å². The van der Waals surface area contributed by atoms with E-state index in [0.29, 0.717) is 5.02 Å². The van der Waals surface area contributed by atoms with Crippen LogP contribution < -0.4 is 0 Å². The molecule has 0 aliphatic heterocycles. The number of benzene rings is 1. The normalized spacial score (nSPS) is 10.4. The van der Waals surface area contributed by atoms with Crippen LogP contribution in [0, 0.1) is 0 Å². The highest BCUT2D eigenvalue weighted by Gasteiger charge is 2.14. The molecular formula is C16H13Cl2NO2. The minimum atomic E-state index is -0.229. The van der Waals surface area contributed by atoms with Crippen molar-refractivity contribution in [3.05, 3.63) is 52.3 Å². The first-order chi connectivity index (χ1) is 9.97. The third kappa shape index (κ3) is 4.13. The van der Waals surface area contributed by atoms with Crippen LogP contribution in [-0.4, -0.2) is 16.6 Å². The van der Waals surface area contributed by atoms with E-state index in [9.17, 15) is 9.59 Å². The molecule has 5 heteroatoms. The highest BCUT2D eigenvalue weighted by molar-refractivity contribution is 6.34. The van der Waals surface area contributed by atoms with Crippen LogP contribution in [0.3, 0.4) is 0 Å². The summed E-state index contributed by atoms with van der Waals surface area (Å²) in [7, 11) is 0. The Balaban J connectivity index is 2.25. The van der Waals surface area contributed by atoms with Gasteiger partial charge in [0.25, 0.3) is 0 Å². The van der Waals surface area contributed by atoms with E-state index >= 15 is 0 Å². The molecule has 0 bridgehead atoms. The van der Waals surface area contributed by atoms with Crippen LogP contribution in [0.4, 0.5) is 0 Å². The molecule has 0 N–H and O–H groups in total. The molecule has 1 aromatic carbocycles. The maximum absolute atomic E-state index is 12.0. The molecule has 3 nitrogen and oxygen atoms in total. The molecule has 0 amide bonds. The standard InChI is InChI=1S/C16H13Cl2NO2/c1-10(20)5-6-15(21)16-14(18)8-12(9-19-16)11-3-2-4-13(17)7-11/h2-4,7-9H,5-6H2,1H3. The Hall–Kier alpha value is -1.71. The molecule has 0 fully saturated rings. The van der Waals surface area contributed by atoms with Crippen LogP contribution in [0.2, 0.25) is 10.0 Å². The van der Waals surface area contributed by atoms with Gasteiger partial charge in [-0.1, -0.05) is 35.3 Å². The number of halogens is 2. The van der Waals surface area contributed by atoms with E-state index < -0.39 is 0 Å². The summed E-state index contributed by atoms with van der Waals surface area (Å²) in [4.78, 5) is 27.0. The Morgan fingerprint density at radius 2 is 1.86 bits per heavy atom. The van der Waals surface area contributed by atoms with Gasteiger partial charge in [-0.2, -0.15) is 0 Å². The number of pyridine rings is 1. The second-order valence-corrected chi connectivity index (χ2v) is 5.53. The third-order valence-electron chi connectivity index (χ3n) is 2.97. The summed E-state index contributed by atoms with van der Waals surface area (Å²) in [6.45, 7) is 1.45. The van der Waals surface area contributed by atoms with Crippen LogP contribution >= 0.6 is 23.2 Å². The Kier molecular flexibility index (Phi) is 5.10. The number of hydrogen-bond acceptors (Lipinski definition) is 3. The van der Waals surface area contributed by atoms with Gasteiger partial charge in [-0.05, 0) is 30.7 Å². The van der Waals surface area contributed by atoms with Crippen molar-refractivity contribution in [2.45, 2.75) is 19.8 Å². The van der Waals surface area contributed by atoms with Crippen LogP contribution in [-0.2, 0) is 4.79 Å². The van der Waals surface area contributed by atoms with Crippen molar-refractivity contribution >= 4 is 34.8 Å². The van der Waals surface area contributed by atoms with Crippen molar-refractivity contribution in [2.75, 3.05) is 0 Å². The lowest BCUT2D eigenvalue weighted by Crippen LogP contribution is -2.05. The van der Waals surface area contributed by atoms with Crippen LogP contribution in [0.1, 0.15) is 30.3 Å². The fourth-order valence-corrected chi connectivity index (χ4v) is 2.34. The van der Waals surface area contributed by atoms with Crippen molar-refractivity contribution in [1.29, 1.82) is 0 Å². The SMILES string of the molecule is CC(=O)CCC(=O)c1ncc(-c2cccc(Cl)c2)cc1Cl. The van der Waals surface area contributed by atoms with E-state index in [-0.39, 0.29) is 35.1 Å². The number of nitrogens with zero attached hydrogens (tertiary/aromatic N) is 1. The largest absolute Gasteiger partial charge is 0.300 e. The first-order valence-corrected chi connectivity index (χ1v) is 7.17. The first-order valence-electron chi connectivity index (χ1n) is 6.41. The molecule has 1 aromatic heterocycles. The third-order valence-corrected chi connectivity index (χ3v) is 3.49. The average molecular weight is 322 g/mol. The molecule has 0 saturated heterocycles. The second-order valence-electron chi connectivity index (χ2n) is 4.69. The molecular weight excluding hydrogens is 309 g/mol. The molecule has 0 atom stereocenters. The maximum Gasteiger partial charge on any atom is 0.183 e. The first kappa shape index (κ1) is 15.7. The van der Waals surface area contributed by atoms with Gasteiger partial charge in [0.15, 0.2) is 5.78 Å². The van der Waals surface area contributed by atoms with Gasteiger partial charge in [-0.25, -0.2) is 0 Å². The minimum absolute atomic E-state index is 0.0324. The quantitative estimate of drug-likeness (QED) is 0.755. The van der Waals surface area contributed by atoms with Crippen molar-refractivity contribution < 1.29 is 9.59 Å². The molecule has 0 spiro atoms. The summed E-state index contributed by atoms with van der Waals surface area (Å²) in [6, 6.07) is 8.97. The molecule has 2 rings (SSSR count). The average Bonchev–Trinajstić information content (AvgIpc) is 2.44. The zero-order valence-electron chi connectivity index (χ0n) is 11.4. The van der Waals surface area contributed by atoms with Gasteiger partial charge in [-0.15, -0.1) is 0 Å². The number of carbonyl (C=O) groups excluding carboxylic acids is 2. The summed E-state index contributed by atoms with van der Waals surface area (Å²) >= 11 is 12.1. The van der Waals surface area contributed by atoms with Gasteiger partial charge in [0.2, 0.25) is 0 Å². The van der Waals surface area contributed by atoms with Gasteiger partial charge in [0, 0.05) is 29.6 Å². The molecule has 0 unspecified atom stereocenters. The zero-order valence-corrected chi connectivity index (χ0v) is 12.9. The molecule has 0 radical (unpaired) electrons. The van der Waals surface area contributed by atoms with Crippen molar-refractivity contribution in [2.24, 2.45) is 0 Å². The Labute approximate surface area is 132 Å². The summed E-state index contributed by atoms with van der Waals surface area (Å²) < 4.78 is 0. The second kappa shape index (κ2) is 6.83. The number of carbonyl (C=O) groups is 2. The van der Waals surface area contributed by atoms with E-state index in [1.165, 1.54) is 6.92 Å². The fraction of sp³-hybridized carbons (Fsp3) is 0.188. The van der Waals surface area contributed by atoms with E-state index in [2.05, 4.69) is 4.98 Å². The van der Waals surface area contributed by atoms with Crippen molar-refractivity contribution in [3.63, 3.8) is 0 Å². The van der Waals surface area contributed by atoms with Crippen LogP contribution in [0.25, 0.3) is 11.1 Å². The lowest BCUT2D eigenvalue weighted by molar-refractivity contribution is -0.116. The number of rotatable bonds is 5. The predicted octanol–water partition coefficient (Wildman–Crippen LogP) is 4.61. The molecule has 0 aliphatic rings. The van der Waals surface area contributed by atoms with Crippen molar-refractivity contribution in [3.8, 4) is 11.1 Å². The number of hydrogen-bond donors (Lipinski definition) is 0. The molecule has 1 heterocycles. The molecule has 0 aliphatic carbocycles. The van der Waals surface area contributed by atoms with Crippen molar-refractivity contribution in [1.82, 2.24) is 4.98 Å². The molecule has 108 valence electrons. The minimum Gasteiger partial charge on any atom is -0.300 e. The Bertz CT molecular complexity index is 698. The summed E-state index contributed by atoms with van der Waals surface area (Å²) in [6.07, 6.45) is 1.91. The van der Waals surface area contributed by atoms with Gasteiger partial charge >= 0.3 is 0 Å². The Morgan fingerprint density at radius 3 is 2.48 bits per heavy atom. The Morgan fingerprint density at radius 1 is 1.10 bits per heavy atom. The predicted molar refractivity (Wildman–Crippen MR) is 83.9 cm³/mol. The van der Waals surface area contributed by atoms with E-state index in [1.807, 2.05) is 12.1 Å². The number of ketones is 2. The highest BCUT2D eigenvalue weighted by atomic mass is 35.5. The van der Waals surface area contributed by atoms with Gasteiger partial charge in [0.05, 0.1) is 5.02 Å². The summed E-state index contributed by atoms with van der Waals surface area (Å²) in [5.41, 5.74) is 1.86. The van der Waals surface area contributed by atoms with Gasteiger partial charge in [-0.3, -0.25) is 9.78 Å². The maximum atomic E-state index is 12.0. The van der Waals surface area contributed by atoms with E-state index in [1.54, 1.807) is 24.4 Å². The highest BCUT2D eigenvalue weighted by Crippen LogP contribution is 2.26. The molecule has 2 aromatic rings. The van der Waals surface area contributed by atoms with Crippen LogP contribution in [0.15, 0.2) is 36.5 Å². The number of aromatic nitrogens is 1. The topological polar surface area (TPSA) is 47.0 Å². The fourth-order valence-electron chi connectivity index (χ4n) is 1.88. The molecule has 0 saturated carbocycles. The van der Waals surface area contributed by atoms with E-state index in [4.69, 9.17) is 23.2 Å². The summed E-state index contributed by atoms with van der Waals surface area (Å²) in [5, 5.41) is 0.895. The summed E-state index contributed by atoms with van der Waals surface area (Å²) in [5.74, 6) is -0.261. The van der Waals surface area contributed by atoms with E-state index in [0.717, 1.165) is 11.1 Å². The lowest BCUT2D eigenvalue weighted by atomic mass is 10.1. The van der Waals surface area contributed by atoms with Gasteiger partial charge in [0.1, 0.15) is 11.5 Å². The smallest absolute Gasteiger partial charge is 0.183 e. The van der Waals surface area contributed by atoms with Gasteiger partial charge < -0.3 is 4.79 Å².